The first-order valence-electron chi connectivity index (χ1n) is 8.78. The summed E-state index contributed by atoms with van der Waals surface area (Å²) in [5, 5.41) is 12.0. The lowest BCUT2D eigenvalue weighted by atomic mass is 10.2. The number of fused-ring (bicyclic) bond motifs is 1. The van der Waals surface area contributed by atoms with Gasteiger partial charge in [0.2, 0.25) is 0 Å². The Kier molecular flexibility index (Phi) is 3.73. The molecule has 1 aliphatic heterocycles. The van der Waals surface area contributed by atoms with Crippen LogP contribution in [0.5, 0.6) is 0 Å². The molecule has 6 nitrogen and oxygen atoms in total. The largest absolute Gasteiger partial charge is 0.355 e. The maximum Gasteiger partial charge on any atom is 0.161 e. The zero-order valence-electron chi connectivity index (χ0n) is 13.9. The summed E-state index contributed by atoms with van der Waals surface area (Å²) in [6, 6.07) is 10.2. The van der Waals surface area contributed by atoms with Crippen molar-refractivity contribution in [2.45, 2.75) is 18.8 Å². The first-order valence-corrected chi connectivity index (χ1v) is 9.94. The van der Waals surface area contributed by atoms with E-state index in [0.29, 0.717) is 5.92 Å². The zero-order chi connectivity index (χ0) is 16.6. The molecule has 1 aromatic carbocycles. The van der Waals surface area contributed by atoms with E-state index in [2.05, 4.69) is 32.5 Å². The summed E-state index contributed by atoms with van der Waals surface area (Å²) in [6.07, 6.45) is 2.40. The maximum absolute atomic E-state index is 4.85. The molecule has 2 aromatic heterocycles. The standard InChI is InChI=1S/C18H20N6S/c1-2-4-14-13(3-1)18(23-22-14)20-15-11-16(24-7-9-25-10-8-24)21-17(19-15)12-5-6-12/h1-4,11-12H,5-10H2,(H2,19,20,21,22,23). The quantitative estimate of drug-likeness (QED) is 0.749. The fourth-order valence-electron chi connectivity index (χ4n) is 3.18. The molecule has 3 aromatic rings. The number of benzene rings is 1. The van der Waals surface area contributed by atoms with Gasteiger partial charge in [-0.1, -0.05) is 12.1 Å². The minimum absolute atomic E-state index is 0.524. The number of rotatable bonds is 4. The van der Waals surface area contributed by atoms with E-state index >= 15 is 0 Å². The third-order valence-electron chi connectivity index (χ3n) is 4.72. The number of nitrogens with zero attached hydrogens (tertiary/aromatic N) is 4. The molecule has 5 rings (SSSR count). The number of aromatic amines is 1. The van der Waals surface area contributed by atoms with Crippen molar-refractivity contribution >= 4 is 40.1 Å². The molecule has 0 unspecified atom stereocenters. The Labute approximate surface area is 150 Å². The maximum atomic E-state index is 4.85. The molecule has 0 radical (unpaired) electrons. The van der Waals surface area contributed by atoms with E-state index in [1.165, 1.54) is 12.8 Å². The van der Waals surface area contributed by atoms with Gasteiger partial charge in [0.25, 0.3) is 0 Å². The van der Waals surface area contributed by atoms with Gasteiger partial charge in [0.05, 0.1) is 5.52 Å². The number of thioether (sulfide) groups is 1. The van der Waals surface area contributed by atoms with E-state index in [-0.39, 0.29) is 0 Å². The van der Waals surface area contributed by atoms with Crippen molar-refractivity contribution in [3.05, 3.63) is 36.2 Å². The Morgan fingerprint density at radius 2 is 1.96 bits per heavy atom. The van der Waals surface area contributed by atoms with Gasteiger partial charge in [-0.05, 0) is 25.0 Å². The summed E-state index contributed by atoms with van der Waals surface area (Å²) in [4.78, 5) is 12.0. The molecular formula is C18H20N6S. The van der Waals surface area contributed by atoms with Crippen LogP contribution in [0.1, 0.15) is 24.6 Å². The van der Waals surface area contributed by atoms with Crippen LogP contribution in [0.15, 0.2) is 30.3 Å². The highest BCUT2D eigenvalue weighted by atomic mass is 32.2. The van der Waals surface area contributed by atoms with E-state index in [9.17, 15) is 0 Å². The monoisotopic (exact) mass is 352 g/mol. The normalized spacial score (nSPS) is 17.8. The van der Waals surface area contributed by atoms with Crippen molar-refractivity contribution < 1.29 is 0 Å². The number of aromatic nitrogens is 4. The molecule has 2 aliphatic rings. The molecule has 3 heterocycles. The molecule has 7 heteroatoms. The second kappa shape index (κ2) is 6.22. The minimum Gasteiger partial charge on any atom is -0.355 e. The second-order valence-corrected chi connectivity index (χ2v) is 7.81. The van der Waals surface area contributed by atoms with Crippen LogP contribution in [0.4, 0.5) is 17.5 Å². The fraction of sp³-hybridized carbons (Fsp3) is 0.389. The number of hydrogen-bond acceptors (Lipinski definition) is 6. The van der Waals surface area contributed by atoms with Crippen LogP contribution in [0.25, 0.3) is 10.9 Å². The highest BCUT2D eigenvalue weighted by Crippen LogP contribution is 2.39. The van der Waals surface area contributed by atoms with Gasteiger partial charge in [-0.15, -0.1) is 0 Å². The first-order chi connectivity index (χ1) is 12.4. The van der Waals surface area contributed by atoms with Gasteiger partial charge in [0.15, 0.2) is 5.82 Å². The van der Waals surface area contributed by atoms with Crippen LogP contribution < -0.4 is 10.2 Å². The number of para-hydroxylation sites is 1. The Balaban J connectivity index is 1.50. The summed E-state index contributed by atoms with van der Waals surface area (Å²) in [7, 11) is 0. The molecule has 2 fully saturated rings. The molecule has 0 bridgehead atoms. The van der Waals surface area contributed by atoms with Gasteiger partial charge in [-0.3, -0.25) is 5.10 Å². The highest BCUT2D eigenvalue weighted by molar-refractivity contribution is 7.99. The van der Waals surface area contributed by atoms with Crippen molar-refractivity contribution in [1.29, 1.82) is 0 Å². The smallest absolute Gasteiger partial charge is 0.161 e. The van der Waals surface area contributed by atoms with E-state index in [1.54, 1.807) is 0 Å². The van der Waals surface area contributed by atoms with Gasteiger partial charge in [0, 0.05) is 42.0 Å². The number of anilines is 3. The SMILES string of the molecule is c1ccc2c(Nc3cc(N4CCSCC4)nc(C4CC4)n3)n[nH]c2c1. The Hall–Kier alpha value is -2.28. The predicted molar refractivity (Wildman–Crippen MR) is 103 cm³/mol. The second-order valence-electron chi connectivity index (χ2n) is 6.59. The lowest BCUT2D eigenvalue weighted by Crippen LogP contribution is -2.33. The average Bonchev–Trinajstić information content (AvgIpc) is 3.45. The van der Waals surface area contributed by atoms with Crippen molar-refractivity contribution in [2.24, 2.45) is 0 Å². The van der Waals surface area contributed by atoms with Crippen LogP contribution in [0.2, 0.25) is 0 Å². The third-order valence-corrected chi connectivity index (χ3v) is 5.67. The lowest BCUT2D eigenvalue weighted by molar-refractivity contribution is 0.816. The van der Waals surface area contributed by atoms with E-state index in [0.717, 1.165) is 58.8 Å². The molecule has 25 heavy (non-hydrogen) atoms. The topological polar surface area (TPSA) is 69.7 Å². The summed E-state index contributed by atoms with van der Waals surface area (Å²) in [6.45, 7) is 2.10. The summed E-state index contributed by atoms with van der Waals surface area (Å²) in [5.41, 5.74) is 1.02. The third kappa shape index (κ3) is 3.04. The van der Waals surface area contributed by atoms with Crippen molar-refractivity contribution in [3.63, 3.8) is 0 Å². The number of nitrogens with one attached hydrogen (secondary N) is 2. The van der Waals surface area contributed by atoms with Crippen LogP contribution in [0, 0.1) is 0 Å². The molecule has 0 atom stereocenters. The lowest BCUT2D eigenvalue weighted by Gasteiger charge is -2.28. The Bertz CT molecular complexity index is 897. The molecular weight excluding hydrogens is 332 g/mol. The van der Waals surface area contributed by atoms with Gasteiger partial charge in [-0.2, -0.15) is 16.9 Å². The van der Waals surface area contributed by atoms with Gasteiger partial charge in [0.1, 0.15) is 17.5 Å². The fourth-order valence-corrected chi connectivity index (χ4v) is 4.08. The van der Waals surface area contributed by atoms with Crippen LogP contribution in [0.3, 0.4) is 0 Å². The van der Waals surface area contributed by atoms with Gasteiger partial charge >= 0.3 is 0 Å². The average molecular weight is 352 g/mol. The highest BCUT2D eigenvalue weighted by Gasteiger charge is 2.28. The van der Waals surface area contributed by atoms with Crippen LogP contribution in [-0.4, -0.2) is 44.8 Å². The molecule has 1 saturated heterocycles. The van der Waals surface area contributed by atoms with E-state index in [1.807, 2.05) is 30.0 Å². The molecule has 2 N–H and O–H groups in total. The van der Waals surface area contributed by atoms with Crippen LogP contribution >= 0.6 is 11.8 Å². The van der Waals surface area contributed by atoms with Crippen LogP contribution in [-0.2, 0) is 0 Å². The van der Waals surface area contributed by atoms with E-state index in [4.69, 9.17) is 9.97 Å². The van der Waals surface area contributed by atoms with E-state index < -0.39 is 0 Å². The summed E-state index contributed by atoms with van der Waals surface area (Å²) >= 11 is 2.01. The van der Waals surface area contributed by atoms with Crippen molar-refractivity contribution in [2.75, 3.05) is 34.8 Å². The predicted octanol–water partition coefficient (Wildman–Crippen LogP) is 3.53. The van der Waals surface area contributed by atoms with Crippen molar-refractivity contribution in [3.8, 4) is 0 Å². The Morgan fingerprint density at radius 3 is 2.80 bits per heavy atom. The number of H-pyrrole nitrogens is 1. The molecule has 128 valence electrons. The zero-order valence-corrected chi connectivity index (χ0v) is 14.7. The summed E-state index contributed by atoms with van der Waals surface area (Å²) in [5.74, 6) is 6.51. The molecule has 1 aliphatic carbocycles. The molecule has 1 saturated carbocycles. The number of hydrogen-bond donors (Lipinski definition) is 2. The minimum atomic E-state index is 0.524. The summed E-state index contributed by atoms with van der Waals surface area (Å²) < 4.78 is 0. The van der Waals surface area contributed by atoms with Crippen molar-refractivity contribution in [1.82, 2.24) is 20.2 Å². The first kappa shape index (κ1) is 15.0. The molecule has 0 amide bonds. The molecule has 0 spiro atoms. The Morgan fingerprint density at radius 1 is 1.12 bits per heavy atom. The van der Waals surface area contributed by atoms with Gasteiger partial charge in [-0.25, -0.2) is 9.97 Å². The van der Waals surface area contributed by atoms with Gasteiger partial charge < -0.3 is 10.2 Å².